The molecule has 1 amide bonds. The Bertz CT molecular complexity index is 508. The second-order valence-electron chi connectivity index (χ2n) is 6.91. The molecule has 0 aromatic heterocycles. The number of carbonyl (C=O) groups excluding carboxylic acids is 1. The zero-order chi connectivity index (χ0) is 16.9. The molecule has 0 unspecified atom stereocenters. The van der Waals surface area contributed by atoms with E-state index < -0.39 is 5.60 Å². The van der Waals surface area contributed by atoms with E-state index in [-0.39, 0.29) is 5.91 Å². The maximum atomic E-state index is 12.7. The number of benzene rings is 1. The van der Waals surface area contributed by atoms with Crippen LogP contribution in [0.3, 0.4) is 0 Å². The first kappa shape index (κ1) is 17.8. The standard InChI is InChI=1S/C19H29NO3/c1-5-12-23-19(4,15-6-7-15)18(21)20-16-8-10-17(11-9-16)22-13-14(2)3/h8-11,14-15H,5-7,12-13H2,1-4H3,(H,20,21)/t19-/m1/s1. The normalized spacial score (nSPS) is 16.9. The van der Waals surface area contributed by atoms with Crippen molar-refractivity contribution in [2.75, 3.05) is 18.5 Å². The van der Waals surface area contributed by atoms with E-state index in [1.165, 1.54) is 0 Å². The maximum Gasteiger partial charge on any atom is 0.256 e. The lowest BCUT2D eigenvalue weighted by atomic mass is 9.98. The smallest absolute Gasteiger partial charge is 0.256 e. The van der Waals surface area contributed by atoms with Gasteiger partial charge in [-0.25, -0.2) is 0 Å². The average molecular weight is 319 g/mol. The zero-order valence-electron chi connectivity index (χ0n) is 14.7. The van der Waals surface area contributed by atoms with Crippen molar-refractivity contribution in [3.05, 3.63) is 24.3 Å². The van der Waals surface area contributed by atoms with Gasteiger partial charge in [-0.15, -0.1) is 0 Å². The Morgan fingerprint density at radius 1 is 1.30 bits per heavy atom. The molecule has 1 aliphatic carbocycles. The number of hydrogen-bond acceptors (Lipinski definition) is 3. The molecule has 4 nitrogen and oxygen atoms in total. The van der Waals surface area contributed by atoms with Crippen LogP contribution in [-0.4, -0.2) is 24.7 Å². The van der Waals surface area contributed by atoms with E-state index in [4.69, 9.17) is 9.47 Å². The van der Waals surface area contributed by atoms with E-state index in [2.05, 4.69) is 26.1 Å². The molecule has 0 bridgehead atoms. The van der Waals surface area contributed by atoms with Gasteiger partial charge in [0.1, 0.15) is 11.4 Å². The van der Waals surface area contributed by atoms with Crippen LogP contribution in [-0.2, 0) is 9.53 Å². The molecular formula is C19H29NO3. The van der Waals surface area contributed by atoms with E-state index in [9.17, 15) is 4.79 Å². The predicted octanol–water partition coefficient (Wildman–Crippen LogP) is 4.26. The van der Waals surface area contributed by atoms with Gasteiger partial charge >= 0.3 is 0 Å². The molecular weight excluding hydrogens is 290 g/mol. The minimum absolute atomic E-state index is 0.0516. The van der Waals surface area contributed by atoms with E-state index in [1.807, 2.05) is 31.2 Å². The van der Waals surface area contributed by atoms with Crippen molar-refractivity contribution in [1.82, 2.24) is 0 Å². The number of nitrogens with one attached hydrogen (secondary N) is 1. The Kier molecular flexibility index (Phi) is 6.05. The third-order valence-corrected chi connectivity index (χ3v) is 4.11. The second kappa shape index (κ2) is 7.82. The van der Waals surface area contributed by atoms with Crippen LogP contribution in [0.4, 0.5) is 5.69 Å². The summed E-state index contributed by atoms with van der Waals surface area (Å²) in [7, 11) is 0. The number of rotatable bonds is 9. The number of anilines is 1. The summed E-state index contributed by atoms with van der Waals surface area (Å²) in [5.41, 5.74) is 0.0573. The van der Waals surface area contributed by atoms with Gasteiger partial charge in [-0.3, -0.25) is 4.79 Å². The van der Waals surface area contributed by atoms with Gasteiger partial charge in [0.05, 0.1) is 6.61 Å². The van der Waals surface area contributed by atoms with Gasteiger partial charge in [-0.05, 0) is 62.3 Å². The van der Waals surface area contributed by atoms with Gasteiger partial charge in [-0.2, -0.15) is 0 Å². The molecule has 0 radical (unpaired) electrons. The summed E-state index contributed by atoms with van der Waals surface area (Å²) in [5, 5.41) is 2.99. The lowest BCUT2D eigenvalue weighted by Crippen LogP contribution is -2.45. The number of amides is 1. The van der Waals surface area contributed by atoms with Crippen molar-refractivity contribution in [2.45, 2.75) is 52.6 Å². The highest BCUT2D eigenvalue weighted by Gasteiger charge is 2.48. The highest BCUT2D eigenvalue weighted by Crippen LogP contribution is 2.42. The summed E-state index contributed by atoms with van der Waals surface area (Å²) in [6, 6.07) is 7.53. The Balaban J connectivity index is 1.95. The summed E-state index contributed by atoms with van der Waals surface area (Å²) in [4.78, 5) is 12.7. The van der Waals surface area contributed by atoms with E-state index in [0.717, 1.165) is 30.7 Å². The van der Waals surface area contributed by atoms with Crippen LogP contribution >= 0.6 is 0 Å². The van der Waals surface area contributed by atoms with Gasteiger partial charge in [-0.1, -0.05) is 20.8 Å². The van der Waals surface area contributed by atoms with Crippen molar-refractivity contribution in [3.8, 4) is 5.75 Å². The largest absolute Gasteiger partial charge is 0.493 e. The molecule has 0 heterocycles. The number of carbonyl (C=O) groups is 1. The predicted molar refractivity (Wildman–Crippen MR) is 92.8 cm³/mol. The van der Waals surface area contributed by atoms with Crippen molar-refractivity contribution in [3.63, 3.8) is 0 Å². The number of hydrogen-bond donors (Lipinski definition) is 1. The lowest BCUT2D eigenvalue weighted by molar-refractivity contribution is -0.142. The minimum atomic E-state index is -0.719. The molecule has 2 rings (SSSR count). The molecule has 1 atom stereocenters. The fourth-order valence-electron chi connectivity index (χ4n) is 2.47. The Hall–Kier alpha value is -1.55. The molecule has 23 heavy (non-hydrogen) atoms. The third-order valence-electron chi connectivity index (χ3n) is 4.11. The van der Waals surface area contributed by atoms with E-state index >= 15 is 0 Å². The summed E-state index contributed by atoms with van der Waals surface area (Å²) >= 11 is 0. The van der Waals surface area contributed by atoms with Crippen LogP contribution in [0.5, 0.6) is 5.75 Å². The Morgan fingerprint density at radius 2 is 1.96 bits per heavy atom. The van der Waals surface area contributed by atoms with Crippen LogP contribution in [0.2, 0.25) is 0 Å². The minimum Gasteiger partial charge on any atom is -0.493 e. The van der Waals surface area contributed by atoms with Gasteiger partial charge in [0.15, 0.2) is 0 Å². The molecule has 1 fully saturated rings. The van der Waals surface area contributed by atoms with Gasteiger partial charge < -0.3 is 14.8 Å². The van der Waals surface area contributed by atoms with Gasteiger partial charge in [0.2, 0.25) is 0 Å². The zero-order valence-corrected chi connectivity index (χ0v) is 14.7. The van der Waals surface area contributed by atoms with Crippen molar-refractivity contribution in [2.24, 2.45) is 11.8 Å². The molecule has 1 saturated carbocycles. The molecule has 1 N–H and O–H groups in total. The van der Waals surface area contributed by atoms with E-state index in [0.29, 0.717) is 25.0 Å². The van der Waals surface area contributed by atoms with Gasteiger partial charge in [0.25, 0.3) is 5.91 Å². The molecule has 1 aliphatic rings. The molecule has 4 heteroatoms. The highest BCUT2D eigenvalue weighted by molar-refractivity contribution is 5.97. The summed E-state index contributed by atoms with van der Waals surface area (Å²) in [5.74, 6) is 1.60. The van der Waals surface area contributed by atoms with E-state index in [1.54, 1.807) is 0 Å². The lowest BCUT2D eigenvalue weighted by Gasteiger charge is -2.28. The third kappa shape index (κ3) is 4.96. The van der Waals surface area contributed by atoms with Crippen LogP contribution in [0.15, 0.2) is 24.3 Å². The first-order chi connectivity index (χ1) is 11.0. The molecule has 0 spiro atoms. The van der Waals surface area contributed by atoms with Crippen LogP contribution < -0.4 is 10.1 Å². The first-order valence-electron chi connectivity index (χ1n) is 8.64. The summed E-state index contributed by atoms with van der Waals surface area (Å²) < 4.78 is 11.5. The SMILES string of the molecule is CCCO[C@@](C)(C(=O)Nc1ccc(OCC(C)C)cc1)C1CC1. The van der Waals surface area contributed by atoms with Crippen LogP contribution in [0.25, 0.3) is 0 Å². The molecule has 1 aromatic rings. The fourth-order valence-corrected chi connectivity index (χ4v) is 2.47. The summed E-state index contributed by atoms with van der Waals surface area (Å²) in [6.45, 7) is 9.50. The van der Waals surface area contributed by atoms with Gasteiger partial charge in [0, 0.05) is 12.3 Å². The molecule has 0 saturated heterocycles. The van der Waals surface area contributed by atoms with Crippen LogP contribution in [0.1, 0.15) is 47.0 Å². The molecule has 128 valence electrons. The monoisotopic (exact) mass is 319 g/mol. The van der Waals surface area contributed by atoms with Crippen molar-refractivity contribution in [1.29, 1.82) is 0 Å². The highest BCUT2D eigenvalue weighted by atomic mass is 16.5. The fraction of sp³-hybridized carbons (Fsp3) is 0.632. The first-order valence-corrected chi connectivity index (χ1v) is 8.64. The second-order valence-corrected chi connectivity index (χ2v) is 6.91. The van der Waals surface area contributed by atoms with Crippen LogP contribution in [0, 0.1) is 11.8 Å². The average Bonchev–Trinajstić information content (AvgIpc) is 3.37. The van der Waals surface area contributed by atoms with Crippen molar-refractivity contribution >= 4 is 11.6 Å². The quantitative estimate of drug-likeness (QED) is 0.740. The Labute approximate surface area is 139 Å². The number of ether oxygens (including phenoxy) is 2. The topological polar surface area (TPSA) is 47.6 Å². The molecule has 0 aliphatic heterocycles. The molecule has 1 aromatic carbocycles. The maximum absolute atomic E-state index is 12.7. The van der Waals surface area contributed by atoms with Crippen molar-refractivity contribution < 1.29 is 14.3 Å². The Morgan fingerprint density at radius 3 is 2.48 bits per heavy atom. The summed E-state index contributed by atoms with van der Waals surface area (Å²) in [6.07, 6.45) is 3.04.